The van der Waals surface area contributed by atoms with E-state index in [4.69, 9.17) is 9.47 Å². The summed E-state index contributed by atoms with van der Waals surface area (Å²) in [5.74, 6) is 3.71. The van der Waals surface area contributed by atoms with Gasteiger partial charge < -0.3 is 24.7 Å². The van der Waals surface area contributed by atoms with E-state index in [1.54, 1.807) is 25.9 Å². The van der Waals surface area contributed by atoms with Crippen molar-refractivity contribution < 1.29 is 9.47 Å². The number of hydrogen-bond acceptors (Lipinski definition) is 6. The second kappa shape index (κ2) is 12.3. The number of thioether (sulfide) groups is 1. The average Bonchev–Trinajstić information content (AvgIpc) is 3.11. The summed E-state index contributed by atoms with van der Waals surface area (Å²) in [5.41, 5.74) is 0.883. The lowest BCUT2D eigenvalue weighted by Crippen LogP contribution is -2.31. The Morgan fingerprint density at radius 3 is 2.70 bits per heavy atom. The third-order valence-electron chi connectivity index (χ3n) is 4.34. The Morgan fingerprint density at radius 2 is 2.07 bits per heavy atom. The van der Waals surface area contributed by atoms with Gasteiger partial charge in [0.25, 0.3) is 0 Å². The number of nitrogens with one attached hydrogen (secondary N) is 2. The zero-order chi connectivity index (χ0) is 21.9. The molecule has 2 rings (SSSR count). The van der Waals surface area contributed by atoms with Crippen molar-refractivity contribution in [3.63, 3.8) is 0 Å². The maximum Gasteiger partial charge on any atom is 0.195 e. The molecule has 8 nitrogen and oxygen atoms in total. The highest BCUT2D eigenvalue weighted by Crippen LogP contribution is 2.30. The van der Waals surface area contributed by atoms with Crippen LogP contribution in [0, 0.1) is 5.92 Å². The van der Waals surface area contributed by atoms with Crippen LogP contribution in [0.15, 0.2) is 28.3 Å². The molecule has 0 amide bonds. The van der Waals surface area contributed by atoms with Crippen molar-refractivity contribution in [3.05, 3.63) is 24.0 Å². The van der Waals surface area contributed by atoms with Crippen molar-refractivity contribution in [3.8, 4) is 11.5 Å². The van der Waals surface area contributed by atoms with E-state index in [0.717, 1.165) is 42.6 Å². The first-order valence-corrected chi connectivity index (χ1v) is 11.5. The predicted molar refractivity (Wildman–Crippen MR) is 124 cm³/mol. The molecule has 0 bridgehead atoms. The summed E-state index contributed by atoms with van der Waals surface area (Å²) < 4.78 is 13.2. The second-order valence-electron chi connectivity index (χ2n) is 7.13. The van der Waals surface area contributed by atoms with Crippen LogP contribution in [0.1, 0.15) is 33.0 Å². The molecule has 166 valence electrons. The van der Waals surface area contributed by atoms with Crippen molar-refractivity contribution in [2.45, 2.75) is 45.3 Å². The van der Waals surface area contributed by atoms with Crippen LogP contribution in [0.3, 0.4) is 0 Å². The summed E-state index contributed by atoms with van der Waals surface area (Å²) >= 11 is 1.64. The van der Waals surface area contributed by atoms with E-state index in [2.05, 4.69) is 44.2 Å². The van der Waals surface area contributed by atoms with Crippen LogP contribution in [0.25, 0.3) is 0 Å². The molecule has 0 saturated carbocycles. The zero-order valence-electron chi connectivity index (χ0n) is 18.9. The van der Waals surface area contributed by atoms with Gasteiger partial charge in [0.05, 0.1) is 13.7 Å². The number of aryl methyl sites for hydroxylation is 1. The molecule has 30 heavy (non-hydrogen) atoms. The third kappa shape index (κ3) is 6.83. The predicted octanol–water partition coefficient (Wildman–Crippen LogP) is 3.68. The number of anilines is 1. The quantitative estimate of drug-likeness (QED) is 0.241. The number of guanidine groups is 1. The monoisotopic (exact) mass is 434 g/mol. The van der Waals surface area contributed by atoms with Crippen LogP contribution in [0.4, 0.5) is 5.69 Å². The highest BCUT2D eigenvalue weighted by atomic mass is 32.2. The summed E-state index contributed by atoms with van der Waals surface area (Å²) in [6.07, 6.45) is 3.83. The van der Waals surface area contributed by atoms with Crippen LogP contribution >= 0.6 is 11.8 Å². The smallest absolute Gasteiger partial charge is 0.195 e. The van der Waals surface area contributed by atoms with Crippen molar-refractivity contribution in [2.75, 3.05) is 38.9 Å². The first kappa shape index (κ1) is 23.9. The highest BCUT2D eigenvalue weighted by Gasteiger charge is 2.12. The molecule has 0 fully saturated rings. The number of rotatable bonds is 11. The van der Waals surface area contributed by atoms with E-state index in [9.17, 15) is 0 Å². The van der Waals surface area contributed by atoms with Gasteiger partial charge in [-0.25, -0.2) is 0 Å². The molecule has 0 atom stereocenters. The Bertz CT molecular complexity index is 822. The van der Waals surface area contributed by atoms with Gasteiger partial charge in [-0.2, -0.15) is 0 Å². The Hall–Kier alpha value is -2.42. The Balaban J connectivity index is 1.90. The Kier molecular flexibility index (Phi) is 9.79. The maximum atomic E-state index is 5.64. The molecular formula is C21H34N6O2S. The molecule has 9 heteroatoms. The molecule has 0 aliphatic heterocycles. The first-order chi connectivity index (χ1) is 14.5. The topological polar surface area (TPSA) is 85.6 Å². The number of benzene rings is 1. The first-order valence-electron chi connectivity index (χ1n) is 10.3. The van der Waals surface area contributed by atoms with Gasteiger partial charge in [0, 0.05) is 38.3 Å². The van der Waals surface area contributed by atoms with Gasteiger partial charge in [-0.1, -0.05) is 25.6 Å². The van der Waals surface area contributed by atoms with Gasteiger partial charge in [0.1, 0.15) is 5.82 Å². The van der Waals surface area contributed by atoms with E-state index < -0.39 is 0 Å². The summed E-state index contributed by atoms with van der Waals surface area (Å²) in [4.78, 5) is 4.31. The zero-order valence-corrected chi connectivity index (χ0v) is 19.7. The molecule has 1 aromatic heterocycles. The Morgan fingerprint density at radius 1 is 1.27 bits per heavy atom. The van der Waals surface area contributed by atoms with Crippen LogP contribution in [0.2, 0.25) is 0 Å². The molecule has 0 radical (unpaired) electrons. The van der Waals surface area contributed by atoms with E-state index >= 15 is 0 Å². The van der Waals surface area contributed by atoms with Crippen molar-refractivity contribution in [2.24, 2.45) is 10.9 Å². The van der Waals surface area contributed by atoms with Crippen LogP contribution in [-0.2, 0) is 13.0 Å². The minimum absolute atomic E-state index is 0.554. The van der Waals surface area contributed by atoms with E-state index in [1.165, 1.54) is 0 Å². The van der Waals surface area contributed by atoms with Crippen LogP contribution in [0.5, 0.6) is 11.5 Å². The van der Waals surface area contributed by atoms with Crippen molar-refractivity contribution >= 4 is 23.4 Å². The van der Waals surface area contributed by atoms with Gasteiger partial charge in [-0.15, -0.1) is 10.2 Å². The van der Waals surface area contributed by atoms with Gasteiger partial charge in [-0.05, 0) is 37.7 Å². The summed E-state index contributed by atoms with van der Waals surface area (Å²) in [7, 11) is 3.39. The van der Waals surface area contributed by atoms with Gasteiger partial charge in [-0.3, -0.25) is 4.99 Å². The van der Waals surface area contributed by atoms with Gasteiger partial charge in [0.2, 0.25) is 0 Å². The molecule has 2 aromatic rings. The van der Waals surface area contributed by atoms with Crippen molar-refractivity contribution in [1.29, 1.82) is 0 Å². The average molecular weight is 435 g/mol. The molecule has 0 spiro atoms. The van der Waals surface area contributed by atoms with E-state index in [0.29, 0.717) is 30.0 Å². The third-order valence-corrected chi connectivity index (χ3v) is 5.01. The molecule has 0 unspecified atom stereocenters. The lowest BCUT2D eigenvalue weighted by molar-refractivity contribution is 0.311. The normalized spacial score (nSPS) is 11.6. The fourth-order valence-electron chi connectivity index (χ4n) is 3.00. The van der Waals surface area contributed by atoms with Gasteiger partial charge in [0.15, 0.2) is 22.6 Å². The minimum Gasteiger partial charge on any atom is -0.493 e. The molecule has 0 aliphatic rings. The van der Waals surface area contributed by atoms with E-state index in [1.807, 2.05) is 31.4 Å². The molecule has 0 saturated heterocycles. The summed E-state index contributed by atoms with van der Waals surface area (Å²) in [6, 6.07) is 5.73. The molecule has 1 heterocycles. The standard InChI is InChI=1S/C21H34N6O2S/c1-7-29-18-13-16(10-11-17(18)28-5)24-20(22-4)23-12-8-9-19-25-26-21(30-6)27(19)14-15(2)3/h10-11,13,15H,7-9,12,14H2,1-6H3,(H2,22,23,24). The number of hydrogen-bond donors (Lipinski definition) is 2. The molecule has 2 N–H and O–H groups in total. The maximum absolute atomic E-state index is 5.64. The van der Waals surface area contributed by atoms with Gasteiger partial charge >= 0.3 is 0 Å². The fourth-order valence-corrected chi connectivity index (χ4v) is 3.52. The van der Waals surface area contributed by atoms with Crippen LogP contribution < -0.4 is 20.1 Å². The largest absolute Gasteiger partial charge is 0.493 e. The lowest BCUT2D eigenvalue weighted by atomic mass is 10.2. The minimum atomic E-state index is 0.554. The fraction of sp³-hybridized carbons (Fsp3) is 0.571. The summed E-state index contributed by atoms with van der Waals surface area (Å²) in [5, 5.41) is 16.3. The SMILES string of the molecule is CCOc1cc(NC(=NC)NCCCc2nnc(SC)n2CC(C)C)ccc1OC. The Labute approximate surface area is 183 Å². The molecule has 0 aliphatic carbocycles. The number of aromatic nitrogens is 3. The number of aliphatic imine (C=N–C) groups is 1. The molecular weight excluding hydrogens is 400 g/mol. The molecule has 1 aromatic carbocycles. The number of methoxy groups -OCH3 is 1. The summed E-state index contributed by atoms with van der Waals surface area (Å²) in [6.45, 7) is 8.66. The van der Waals surface area contributed by atoms with Crippen molar-refractivity contribution in [1.82, 2.24) is 20.1 Å². The van der Waals surface area contributed by atoms with Crippen LogP contribution in [-0.4, -0.2) is 54.3 Å². The number of nitrogens with zero attached hydrogens (tertiary/aromatic N) is 4. The lowest BCUT2D eigenvalue weighted by Gasteiger charge is -2.15. The number of ether oxygens (including phenoxy) is 2. The second-order valence-corrected chi connectivity index (χ2v) is 7.91. The highest BCUT2D eigenvalue weighted by molar-refractivity contribution is 7.98. The van der Waals surface area contributed by atoms with E-state index in [-0.39, 0.29) is 0 Å².